The number of hydrogen-bond donors (Lipinski definition) is 1. The van der Waals surface area contributed by atoms with E-state index in [4.69, 9.17) is 9.84 Å². The molecule has 0 bridgehead atoms. The summed E-state index contributed by atoms with van der Waals surface area (Å²) in [6, 6.07) is 3.98. The van der Waals surface area contributed by atoms with Crippen molar-refractivity contribution in [2.24, 2.45) is 0 Å². The van der Waals surface area contributed by atoms with Gasteiger partial charge >= 0.3 is 5.97 Å². The Labute approximate surface area is 127 Å². The molecule has 1 aromatic heterocycles. The molecular formula is C14H20N2O4S. The molecule has 1 saturated heterocycles. The van der Waals surface area contributed by atoms with Crippen LogP contribution >= 0.6 is 11.3 Å². The molecule has 0 saturated carbocycles. The van der Waals surface area contributed by atoms with Gasteiger partial charge < -0.3 is 14.7 Å². The minimum absolute atomic E-state index is 0.0590. The zero-order valence-electron chi connectivity index (χ0n) is 12.2. The van der Waals surface area contributed by atoms with Crippen LogP contribution in [0.15, 0.2) is 17.5 Å². The molecule has 0 unspecified atom stereocenters. The minimum atomic E-state index is -0.971. The highest BCUT2D eigenvalue weighted by molar-refractivity contribution is 7.09. The van der Waals surface area contributed by atoms with Crippen molar-refractivity contribution < 1.29 is 19.4 Å². The van der Waals surface area contributed by atoms with Crippen LogP contribution in [0, 0.1) is 0 Å². The number of rotatable bonds is 7. The van der Waals surface area contributed by atoms with Crippen LogP contribution in [-0.2, 0) is 20.9 Å². The number of thiophene rings is 1. The molecule has 0 spiro atoms. The van der Waals surface area contributed by atoms with Gasteiger partial charge in [0, 0.05) is 25.0 Å². The summed E-state index contributed by atoms with van der Waals surface area (Å²) in [6.07, 6.45) is 0. The molecule has 0 aliphatic carbocycles. The Bertz CT molecular complexity index is 497. The number of carbonyl (C=O) groups excluding carboxylic acids is 1. The Morgan fingerprint density at radius 1 is 1.52 bits per heavy atom. The molecule has 2 heterocycles. The lowest BCUT2D eigenvalue weighted by molar-refractivity contribution is -0.167. The van der Waals surface area contributed by atoms with Gasteiger partial charge in [-0.15, -0.1) is 11.3 Å². The summed E-state index contributed by atoms with van der Waals surface area (Å²) in [5.41, 5.74) is -0.453. The first-order valence-electron chi connectivity index (χ1n) is 6.72. The van der Waals surface area contributed by atoms with Crippen LogP contribution < -0.4 is 0 Å². The van der Waals surface area contributed by atoms with Crippen molar-refractivity contribution in [3.63, 3.8) is 0 Å². The Balaban J connectivity index is 1.71. The molecule has 6 nitrogen and oxygen atoms in total. The molecule has 2 rings (SSSR count). The third-order valence-corrected chi connectivity index (χ3v) is 4.28. The Morgan fingerprint density at radius 3 is 2.81 bits per heavy atom. The zero-order valence-corrected chi connectivity index (χ0v) is 13.1. The average molecular weight is 312 g/mol. The molecule has 1 fully saturated rings. The highest BCUT2D eigenvalue weighted by Gasteiger charge is 2.41. The third kappa shape index (κ3) is 4.52. The van der Waals surface area contributed by atoms with Gasteiger partial charge in [-0.3, -0.25) is 9.69 Å². The van der Waals surface area contributed by atoms with Crippen LogP contribution in [0.4, 0.5) is 0 Å². The van der Waals surface area contributed by atoms with E-state index in [1.54, 1.807) is 23.3 Å². The molecule has 0 aromatic carbocycles. The summed E-state index contributed by atoms with van der Waals surface area (Å²) in [6.45, 7) is 3.70. The molecular weight excluding hydrogens is 292 g/mol. The second kappa shape index (κ2) is 6.55. The number of ether oxygens (including phenoxy) is 1. The van der Waals surface area contributed by atoms with Gasteiger partial charge in [0.15, 0.2) is 0 Å². The second-order valence-electron chi connectivity index (χ2n) is 5.61. The fourth-order valence-electron chi connectivity index (χ4n) is 2.38. The maximum Gasteiger partial charge on any atom is 0.329 e. The molecule has 1 aliphatic rings. The molecule has 0 radical (unpaired) electrons. The first kappa shape index (κ1) is 15.9. The molecule has 1 aromatic rings. The zero-order chi connectivity index (χ0) is 15.5. The average Bonchev–Trinajstić information content (AvgIpc) is 2.87. The number of hydrogen-bond acceptors (Lipinski definition) is 5. The molecule has 7 heteroatoms. The molecule has 1 amide bonds. The van der Waals surface area contributed by atoms with Crippen molar-refractivity contribution in [2.45, 2.75) is 19.1 Å². The molecule has 116 valence electrons. The molecule has 0 atom stereocenters. The van der Waals surface area contributed by atoms with E-state index in [1.807, 2.05) is 29.3 Å². The second-order valence-corrected chi connectivity index (χ2v) is 6.64. The van der Waals surface area contributed by atoms with Crippen LogP contribution in [0.1, 0.15) is 11.8 Å². The number of carboxylic acid groups (broad SMARTS) is 1. The summed E-state index contributed by atoms with van der Waals surface area (Å²) in [4.78, 5) is 27.4. The number of nitrogens with zero attached hydrogens (tertiary/aromatic N) is 2. The van der Waals surface area contributed by atoms with Gasteiger partial charge in [0.05, 0.1) is 18.7 Å². The van der Waals surface area contributed by atoms with Crippen LogP contribution in [0.2, 0.25) is 0 Å². The van der Waals surface area contributed by atoms with Crippen molar-refractivity contribution in [1.29, 1.82) is 0 Å². The van der Waals surface area contributed by atoms with Gasteiger partial charge in [0.2, 0.25) is 5.91 Å². The van der Waals surface area contributed by atoms with E-state index < -0.39 is 11.6 Å². The maximum atomic E-state index is 12.1. The number of carbonyl (C=O) groups is 2. The Morgan fingerprint density at radius 2 is 2.24 bits per heavy atom. The molecule has 1 N–H and O–H groups in total. The predicted molar refractivity (Wildman–Crippen MR) is 79.2 cm³/mol. The predicted octanol–water partition coefficient (Wildman–Crippen LogP) is 0.882. The number of likely N-dealkylation sites (tertiary alicyclic amines) is 1. The third-order valence-electron chi connectivity index (χ3n) is 3.42. The van der Waals surface area contributed by atoms with E-state index in [2.05, 4.69) is 0 Å². The van der Waals surface area contributed by atoms with Crippen LogP contribution in [0.3, 0.4) is 0 Å². The fourth-order valence-corrected chi connectivity index (χ4v) is 3.13. The van der Waals surface area contributed by atoms with Gasteiger partial charge in [-0.1, -0.05) is 6.07 Å². The van der Waals surface area contributed by atoms with E-state index in [0.717, 1.165) is 4.88 Å². The standard InChI is InChI=1S/C14H20N2O4S/c1-14(20-8-13(18)19)9-16(10-14)7-12(17)15(2)6-11-4-3-5-21-11/h3-5H,6-10H2,1-2H3,(H,18,19). The summed E-state index contributed by atoms with van der Waals surface area (Å²) < 4.78 is 5.32. The molecule has 21 heavy (non-hydrogen) atoms. The van der Waals surface area contributed by atoms with Crippen LogP contribution in [0.25, 0.3) is 0 Å². The quantitative estimate of drug-likeness (QED) is 0.809. The number of likely N-dealkylation sites (N-methyl/N-ethyl adjacent to an activating group) is 1. The van der Waals surface area contributed by atoms with Gasteiger partial charge in [-0.2, -0.15) is 0 Å². The van der Waals surface area contributed by atoms with E-state index in [9.17, 15) is 9.59 Å². The van der Waals surface area contributed by atoms with Gasteiger partial charge in [-0.25, -0.2) is 4.79 Å². The summed E-state index contributed by atoms with van der Waals surface area (Å²) in [5, 5.41) is 10.6. The van der Waals surface area contributed by atoms with Crippen molar-refractivity contribution in [3.8, 4) is 0 Å². The summed E-state index contributed by atoms with van der Waals surface area (Å²) in [7, 11) is 1.79. The number of aliphatic carboxylic acids is 1. The topological polar surface area (TPSA) is 70.1 Å². The van der Waals surface area contributed by atoms with E-state index >= 15 is 0 Å². The van der Waals surface area contributed by atoms with Gasteiger partial charge in [0.25, 0.3) is 0 Å². The Kier molecular flexibility index (Phi) is 4.97. The van der Waals surface area contributed by atoms with E-state index in [1.165, 1.54) is 0 Å². The van der Waals surface area contributed by atoms with Gasteiger partial charge in [0.1, 0.15) is 6.61 Å². The number of amides is 1. The van der Waals surface area contributed by atoms with E-state index in [-0.39, 0.29) is 12.5 Å². The normalized spacial score (nSPS) is 17.2. The van der Waals surface area contributed by atoms with Crippen molar-refractivity contribution in [2.75, 3.05) is 33.3 Å². The lowest BCUT2D eigenvalue weighted by Gasteiger charge is -2.47. The summed E-state index contributed by atoms with van der Waals surface area (Å²) in [5.74, 6) is -0.912. The fraction of sp³-hybridized carbons (Fsp3) is 0.571. The van der Waals surface area contributed by atoms with Crippen LogP contribution in [-0.4, -0.2) is 65.7 Å². The highest BCUT2D eigenvalue weighted by atomic mass is 32.1. The lowest BCUT2D eigenvalue weighted by atomic mass is 9.96. The summed E-state index contributed by atoms with van der Waals surface area (Å²) >= 11 is 1.63. The minimum Gasteiger partial charge on any atom is -0.480 e. The molecule has 1 aliphatic heterocycles. The highest BCUT2D eigenvalue weighted by Crippen LogP contribution is 2.24. The first-order chi connectivity index (χ1) is 9.88. The van der Waals surface area contributed by atoms with Crippen molar-refractivity contribution in [3.05, 3.63) is 22.4 Å². The van der Waals surface area contributed by atoms with Crippen molar-refractivity contribution >= 4 is 23.2 Å². The monoisotopic (exact) mass is 312 g/mol. The Hall–Kier alpha value is -1.44. The lowest BCUT2D eigenvalue weighted by Crippen LogP contribution is -2.63. The largest absolute Gasteiger partial charge is 0.480 e. The maximum absolute atomic E-state index is 12.1. The van der Waals surface area contributed by atoms with Crippen molar-refractivity contribution in [1.82, 2.24) is 9.80 Å². The smallest absolute Gasteiger partial charge is 0.329 e. The van der Waals surface area contributed by atoms with Gasteiger partial charge in [-0.05, 0) is 18.4 Å². The SMILES string of the molecule is CN(Cc1cccs1)C(=O)CN1CC(C)(OCC(=O)O)C1. The number of carboxylic acids is 1. The van der Waals surface area contributed by atoms with E-state index in [0.29, 0.717) is 26.2 Å². The first-order valence-corrected chi connectivity index (χ1v) is 7.60. The van der Waals surface area contributed by atoms with Crippen LogP contribution in [0.5, 0.6) is 0 Å².